The van der Waals surface area contributed by atoms with Crippen LogP contribution in [0.15, 0.2) is 29.2 Å². The Bertz CT molecular complexity index is 704. The highest BCUT2D eigenvalue weighted by Gasteiger charge is 2.26. The Labute approximate surface area is 156 Å². The zero-order valence-electron chi connectivity index (χ0n) is 15.4. The highest BCUT2D eigenvalue weighted by atomic mass is 32.2. The number of sulfonamides is 1. The van der Waals surface area contributed by atoms with Gasteiger partial charge in [-0.25, -0.2) is 8.42 Å². The average molecular weight is 381 g/mol. The van der Waals surface area contributed by atoms with E-state index < -0.39 is 10.0 Å². The van der Waals surface area contributed by atoms with Crippen molar-refractivity contribution in [2.24, 2.45) is 5.92 Å². The van der Waals surface area contributed by atoms with Gasteiger partial charge in [0.1, 0.15) is 5.75 Å². The fourth-order valence-electron chi connectivity index (χ4n) is 3.46. The fraction of sp³-hybridized carbons (Fsp3) is 0.632. The molecule has 26 heavy (non-hydrogen) atoms. The monoisotopic (exact) mass is 380 g/mol. The van der Waals surface area contributed by atoms with Crippen LogP contribution in [0.4, 0.5) is 0 Å². The van der Waals surface area contributed by atoms with Gasteiger partial charge in [0.05, 0.1) is 4.90 Å². The minimum absolute atomic E-state index is 0.00734. The number of likely N-dealkylation sites (tertiary alicyclic amines) is 1. The number of nitrogens with zero attached hydrogens (tertiary/aromatic N) is 2. The van der Waals surface area contributed by atoms with Gasteiger partial charge in [-0.15, -0.1) is 0 Å². The Hall–Kier alpha value is -1.60. The van der Waals surface area contributed by atoms with Crippen LogP contribution in [0, 0.1) is 5.92 Å². The fourth-order valence-corrected chi connectivity index (χ4v) is 4.97. The maximum absolute atomic E-state index is 12.6. The molecule has 1 aromatic rings. The molecule has 0 N–H and O–H groups in total. The lowest BCUT2D eigenvalue weighted by molar-refractivity contribution is -0.134. The first kappa shape index (κ1) is 19.2. The molecule has 0 aliphatic carbocycles. The Morgan fingerprint density at radius 3 is 2.27 bits per heavy atom. The van der Waals surface area contributed by atoms with Gasteiger partial charge < -0.3 is 9.64 Å². The zero-order valence-corrected chi connectivity index (χ0v) is 16.2. The summed E-state index contributed by atoms with van der Waals surface area (Å²) in [4.78, 5) is 14.3. The second kappa shape index (κ2) is 8.39. The summed E-state index contributed by atoms with van der Waals surface area (Å²) < 4.78 is 32.4. The van der Waals surface area contributed by atoms with Gasteiger partial charge in [0, 0.05) is 26.2 Å². The van der Waals surface area contributed by atoms with Crippen LogP contribution in [-0.2, 0) is 14.8 Å². The SMILES string of the molecule is CC1CCN(C(=O)COc2ccc(S(=O)(=O)N3CCCCC3)cc2)CC1. The molecule has 2 heterocycles. The van der Waals surface area contributed by atoms with E-state index in [9.17, 15) is 13.2 Å². The first-order chi connectivity index (χ1) is 12.5. The average Bonchev–Trinajstić information content (AvgIpc) is 2.67. The number of rotatable bonds is 5. The number of ether oxygens (including phenoxy) is 1. The Morgan fingerprint density at radius 1 is 1.04 bits per heavy atom. The molecule has 144 valence electrons. The summed E-state index contributed by atoms with van der Waals surface area (Å²) in [5, 5.41) is 0. The molecule has 0 spiro atoms. The summed E-state index contributed by atoms with van der Waals surface area (Å²) in [6, 6.07) is 6.38. The van der Waals surface area contributed by atoms with Crippen LogP contribution in [0.2, 0.25) is 0 Å². The molecule has 0 aromatic heterocycles. The number of carbonyl (C=O) groups excluding carboxylic acids is 1. The first-order valence-corrected chi connectivity index (χ1v) is 10.9. The van der Waals surface area contributed by atoms with Crippen molar-refractivity contribution >= 4 is 15.9 Å². The maximum Gasteiger partial charge on any atom is 0.260 e. The summed E-state index contributed by atoms with van der Waals surface area (Å²) in [5.41, 5.74) is 0. The molecule has 7 heteroatoms. The predicted molar refractivity (Wildman–Crippen MR) is 99.5 cm³/mol. The maximum atomic E-state index is 12.6. The van der Waals surface area contributed by atoms with E-state index in [2.05, 4.69) is 6.92 Å². The van der Waals surface area contributed by atoms with Crippen molar-refractivity contribution < 1.29 is 17.9 Å². The third-order valence-corrected chi connectivity index (χ3v) is 7.19. The van der Waals surface area contributed by atoms with Gasteiger partial charge in [0.15, 0.2) is 6.61 Å². The summed E-state index contributed by atoms with van der Waals surface area (Å²) in [7, 11) is -3.43. The minimum atomic E-state index is -3.43. The van der Waals surface area contributed by atoms with Crippen LogP contribution >= 0.6 is 0 Å². The van der Waals surface area contributed by atoms with E-state index in [1.807, 2.05) is 4.90 Å². The lowest BCUT2D eigenvalue weighted by Gasteiger charge is -2.30. The molecule has 2 aliphatic heterocycles. The number of hydrogen-bond acceptors (Lipinski definition) is 4. The third-order valence-electron chi connectivity index (χ3n) is 5.28. The molecule has 2 saturated heterocycles. The van der Waals surface area contributed by atoms with Gasteiger partial charge in [-0.2, -0.15) is 4.31 Å². The lowest BCUT2D eigenvalue weighted by Crippen LogP contribution is -2.40. The molecule has 0 unspecified atom stereocenters. The molecule has 1 aromatic carbocycles. The molecule has 0 bridgehead atoms. The number of carbonyl (C=O) groups is 1. The summed E-state index contributed by atoms with van der Waals surface area (Å²) in [6.07, 6.45) is 4.99. The standard InChI is InChI=1S/C19H28N2O4S/c1-16-9-13-20(14-10-16)19(22)15-25-17-5-7-18(8-6-17)26(23,24)21-11-3-2-4-12-21/h5-8,16H,2-4,9-15H2,1H3. The van der Waals surface area contributed by atoms with Crippen LogP contribution in [0.1, 0.15) is 39.0 Å². The molecule has 3 rings (SSSR count). The molecule has 0 radical (unpaired) electrons. The van der Waals surface area contributed by atoms with Gasteiger partial charge in [0.2, 0.25) is 10.0 Å². The minimum Gasteiger partial charge on any atom is -0.484 e. The molecule has 0 atom stereocenters. The van der Waals surface area contributed by atoms with E-state index in [-0.39, 0.29) is 17.4 Å². The van der Waals surface area contributed by atoms with E-state index in [4.69, 9.17) is 4.74 Å². The van der Waals surface area contributed by atoms with Gasteiger partial charge in [-0.3, -0.25) is 4.79 Å². The van der Waals surface area contributed by atoms with Crippen molar-refractivity contribution in [3.8, 4) is 5.75 Å². The van der Waals surface area contributed by atoms with Crippen LogP contribution in [0.25, 0.3) is 0 Å². The number of amides is 1. The van der Waals surface area contributed by atoms with E-state index >= 15 is 0 Å². The molecule has 2 fully saturated rings. The van der Waals surface area contributed by atoms with E-state index in [1.165, 1.54) is 0 Å². The Morgan fingerprint density at radius 2 is 1.65 bits per heavy atom. The largest absolute Gasteiger partial charge is 0.484 e. The molecular weight excluding hydrogens is 352 g/mol. The predicted octanol–water partition coefficient (Wildman–Crippen LogP) is 2.50. The van der Waals surface area contributed by atoms with Gasteiger partial charge >= 0.3 is 0 Å². The topological polar surface area (TPSA) is 66.9 Å². The summed E-state index contributed by atoms with van der Waals surface area (Å²) in [6.45, 7) is 4.95. The number of piperidine rings is 2. The first-order valence-electron chi connectivity index (χ1n) is 9.47. The summed E-state index contributed by atoms with van der Waals surface area (Å²) in [5.74, 6) is 1.18. The van der Waals surface area contributed by atoms with Crippen molar-refractivity contribution in [2.75, 3.05) is 32.8 Å². The van der Waals surface area contributed by atoms with E-state index in [1.54, 1.807) is 28.6 Å². The van der Waals surface area contributed by atoms with Gasteiger partial charge in [-0.1, -0.05) is 13.3 Å². The zero-order chi connectivity index (χ0) is 18.6. The second-order valence-corrected chi connectivity index (χ2v) is 9.23. The molecular formula is C19H28N2O4S. The highest BCUT2D eigenvalue weighted by molar-refractivity contribution is 7.89. The van der Waals surface area contributed by atoms with E-state index in [0.29, 0.717) is 24.8 Å². The van der Waals surface area contributed by atoms with Gasteiger partial charge in [0.25, 0.3) is 5.91 Å². The molecule has 2 aliphatic rings. The van der Waals surface area contributed by atoms with Crippen LogP contribution < -0.4 is 4.74 Å². The molecule has 0 saturated carbocycles. The van der Waals surface area contributed by atoms with Crippen molar-refractivity contribution in [3.05, 3.63) is 24.3 Å². The summed E-state index contributed by atoms with van der Waals surface area (Å²) >= 11 is 0. The van der Waals surface area contributed by atoms with Crippen molar-refractivity contribution in [1.82, 2.24) is 9.21 Å². The molecule has 1 amide bonds. The van der Waals surface area contributed by atoms with Crippen molar-refractivity contribution in [2.45, 2.75) is 43.9 Å². The van der Waals surface area contributed by atoms with Crippen molar-refractivity contribution in [3.63, 3.8) is 0 Å². The van der Waals surface area contributed by atoms with Crippen LogP contribution in [0.5, 0.6) is 5.75 Å². The van der Waals surface area contributed by atoms with Crippen LogP contribution in [0.3, 0.4) is 0 Å². The number of benzene rings is 1. The second-order valence-electron chi connectivity index (χ2n) is 7.29. The Kier molecular flexibility index (Phi) is 6.19. The normalized spacial score (nSPS) is 20.1. The highest BCUT2D eigenvalue weighted by Crippen LogP contribution is 2.23. The number of hydrogen-bond donors (Lipinski definition) is 0. The smallest absolute Gasteiger partial charge is 0.260 e. The van der Waals surface area contributed by atoms with Crippen LogP contribution in [-0.4, -0.2) is 56.3 Å². The third kappa shape index (κ3) is 4.57. The van der Waals surface area contributed by atoms with Gasteiger partial charge in [-0.05, 0) is 55.9 Å². The van der Waals surface area contributed by atoms with Crippen molar-refractivity contribution in [1.29, 1.82) is 0 Å². The lowest BCUT2D eigenvalue weighted by atomic mass is 9.99. The Balaban J connectivity index is 1.55. The molecule has 6 nitrogen and oxygen atoms in total. The quantitative estimate of drug-likeness (QED) is 0.787. The van der Waals surface area contributed by atoms with E-state index in [0.717, 1.165) is 45.2 Å².